The highest BCUT2D eigenvalue weighted by Crippen LogP contribution is 2.27. The quantitative estimate of drug-likeness (QED) is 0.918. The highest BCUT2D eigenvalue weighted by Gasteiger charge is 2.33. The van der Waals surface area contributed by atoms with Crippen LogP contribution >= 0.6 is 0 Å². The van der Waals surface area contributed by atoms with E-state index in [2.05, 4.69) is 0 Å². The molecule has 0 aliphatic carbocycles. The van der Waals surface area contributed by atoms with Gasteiger partial charge in [0.1, 0.15) is 5.75 Å². The number of likely N-dealkylation sites (tertiary alicyclic amines) is 1. The topological polar surface area (TPSA) is 66.8 Å². The summed E-state index contributed by atoms with van der Waals surface area (Å²) in [6.45, 7) is 2.36. The molecule has 1 aliphatic rings. The third-order valence-electron chi connectivity index (χ3n) is 3.82. The predicted octanol–water partition coefficient (Wildman–Crippen LogP) is 2.02. The van der Waals surface area contributed by atoms with Crippen LogP contribution in [0.3, 0.4) is 0 Å². The number of carboxylic acid groups (broad SMARTS) is 1. The minimum atomic E-state index is -0.777. The van der Waals surface area contributed by atoms with Crippen LogP contribution in [0.15, 0.2) is 24.3 Å². The summed E-state index contributed by atoms with van der Waals surface area (Å²) in [4.78, 5) is 25.3. The summed E-state index contributed by atoms with van der Waals surface area (Å²) in [5.74, 6) is -0.684. The Bertz CT molecular complexity index is 514. The summed E-state index contributed by atoms with van der Waals surface area (Å²) in [6, 6.07) is 7.02. The maximum absolute atomic E-state index is 12.6. The molecule has 5 nitrogen and oxygen atoms in total. The van der Waals surface area contributed by atoms with Crippen LogP contribution in [0.25, 0.3) is 0 Å². The Hall–Kier alpha value is -2.04. The molecule has 1 N–H and O–H groups in total. The fraction of sp³-hybridized carbons (Fsp3) is 0.467. The van der Waals surface area contributed by atoms with Crippen LogP contribution in [0.5, 0.6) is 5.75 Å². The normalized spacial score (nSPS) is 22.4. The van der Waals surface area contributed by atoms with Crippen molar-refractivity contribution in [1.82, 2.24) is 4.90 Å². The van der Waals surface area contributed by atoms with E-state index in [1.54, 1.807) is 23.1 Å². The molecule has 1 aromatic carbocycles. The van der Waals surface area contributed by atoms with E-state index in [1.807, 2.05) is 13.0 Å². The second kappa shape index (κ2) is 5.94. The molecule has 0 saturated carbocycles. The number of benzene rings is 1. The largest absolute Gasteiger partial charge is 0.496 e. The molecule has 0 aromatic heterocycles. The van der Waals surface area contributed by atoms with Gasteiger partial charge in [-0.05, 0) is 31.9 Å². The summed E-state index contributed by atoms with van der Waals surface area (Å²) in [5, 5.41) is 9.06. The van der Waals surface area contributed by atoms with Crippen molar-refractivity contribution in [3.8, 4) is 5.75 Å². The molecular weight excluding hydrogens is 258 g/mol. The van der Waals surface area contributed by atoms with Gasteiger partial charge < -0.3 is 14.7 Å². The Kier molecular flexibility index (Phi) is 4.27. The fourth-order valence-corrected chi connectivity index (χ4v) is 2.67. The van der Waals surface area contributed by atoms with Crippen molar-refractivity contribution in [2.75, 3.05) is 13.7 Å². The number of ether oxygens (including phenoxy) is 1. The number of carbonyl (C=O) groups is 2. The first-order valence-corrected chi connectivity index (χ1v) is 6.71. The van der Waals surface area contributed by atoms with Crippen LogP contribution in [0.1, 0.15) is 30.1 Å². The van der Waals surface area contributed by atoms with Crippen molar-refractivity contribution in [2.45, 2.75) is 25.8 Å². The molecule has 1 heterocycles. The molecule has 5 heteroatoms. The number of para-hydroxylation sites is 1. The van der Waals surface area contributed by atoms with E-state index in [0.29, 0.717) is 30.7 Å². The lowest BCUT2D eigenvalue weighted by atomic mass is 9.91. The van der Waals surface area contributed by atoms with Gasteiger partial charge in [0.2, 0.25) is 0 Å². The molecule has 1 aromatic rings. The monoisotopic (exact) mass is 277 g/mol. The second-order valence-corrected chi connectivity index (χ2v) is 5.11. The lowest BCUT2D eigenvalue weighted by Gasteiger charge is -2.36. The highest BCUT2D eigenvalue weighted by molar-refractivity contribution is 5.97. The molecule has 108 valence electrons. The Morgan fingerprint density at radius 3 is 2.65 bits per heavy atom. The lowest BCUT2D eigenvalue weighted by molar-refractivity contribution is -0.143. The van der Waals surface area contributed by atoms with E-state index < -0.39 is 5.97 Å². The van der Waals surface area contributed by atoms with Crippen LogP contribution < -0.4 is 4.74 Å². The number of nitrogens with zero attached hydrogens (tertiary/aromatic N) is 1. The zero-order valence-electron chi connectivity index (χ0n) is 11.7. The molecule has 0 spiro atoms. The Morgan fingerprint density at radius 2 is 2.05 bits per heavy atom. The van der Waals surface area contributed by atoms with Crippen LogP contribution in [-0.4, -0.2) is 41.6 Å². The maximum Gasteiger partial charge on any atom is 0.306 e. The molecule has 2 rings (SSSR count). The van der Waals surface area contributed by atoms with Crippen LogP contribution in [-0.2, 0) is 4.79 Å². The van der Waals surface area contributed by atoms with Gasteiger partial charge in [-0.1, -0.05) is 12.1 Å². The summed E-state index contributed by atoms with van der Waals surface area (Å²) in [7, 11) is 1.53. The molecule has 1 fully saturated rings. The van der Waals surface area contributed by atoms with Crippen molar-refractivity contribution in [1.29, 1.82) is 0 Å². The van der Waals surface area contributed by atoms with E-state index in [0.717, 1.165) is 0 Å². The van der Waals surface area contributed by atoms with Crippen LogP contribution in [0.4, 0.5) is 0 Å². The molecule has 2 unspecified atom stereocenters. The first-order chi connectivity index (χ1) is 9.54. The number of amides is 1. The zero-order chi connectivity index (χ0) is 14.7. The molecule has 2 atom stereocenters. The molecule has 20 heavy (non-hydrogen) atoms. The fourth-order valence-electron chi connectivity index (χ4n) is 2.67. The van der Waals surface area contributed by atoms with E-state index in [9.17, 15) is 9.59 Å². The number of hydrogen-bond donors (Lipinski definition) is 1. The van der Waals surface area contributed by atoms with Gasteiger partial charge in [-0.3, -0.25) is 9.59 Å². The van der Waals surface area contributed by atoms with Crippen LogP contribution in [0.2, 0.25) is 0 Å². The van der Waals surface area contributed by atoms with Crippen molar-refractivity contribution in [3.05, 3.63) is 29.8 Å². The minimum Gasteiger partial charge on any atom is -0.496 e. The number of rotatable bonds is 3. The SMILES string of the molecule is COc1ccccc1C(=O)N1CCC(C(=O)O)CC1C. The van der Waals surface area contributed by atoms with Crippen molar-refractivity contribution in [2.24, 2.45) is 5.92 Å². The average molecular weight is 277 g/mol. The van der Waals surface area contributed by atoms with Gasteiger partial charge in [-0.15, -0.1) is 0 Å². The maximum atomic E-state index is 12.6. The number of carbonyl (C=O) groups excluding carboxylic acids is 1. The smallest absolute Gasteiger partial charge is 0.306 e. The third-order valence-corrected chi connectivity index (χ3v) is 3.82. The van der Waals surface area contributed by atoms with E-state index >= 15 is 0 Å². The standard InChI is InChI=1S/C15H19NO4/c1-10-9-11(15(18)19)7-8-16(10)14(17)12-5-3-4-6-13(12)20-2/h3-6,10-11H,7-9H2,1-2H3,(H,18,19). The number of aliphatic carboxylic acids is 1. The number of hydrogen-bond acceptors (Lipinski definition) is 3. The summed E-state index contributed by atoms with van der Waals surface area (Å²) in [6.07, 6.45) is 0.997. The lowest BCUT2D eigenvalue weighted by Crippen LogP contribution is -2.46. The number of carboxylic acids is 1. The number of methoxy groups -OCH3 is 1. The van der Waals surface area contributed by atoms with Crippen LogP contribution in [0, 0.1) is 5.92 Å². The van der Waals surface area contributed by atoms with Gasteiger partial charge in [-0.25, -0.2) is 0 Å². The first-order valence-electron chi connectivity index (χ1n) is 6.71. The highest BCUT2D eigenvalue weighted by atomic mass is 16.5. The second-order valence-electron chi connectivity index (χ2n) is 5.11. The summed E-state index contributed by atoms with van der Waals surface area (Å²) in [5.41, 5.74) is 0.524. The molecule has 1 aliphatic heterocycles. The molecular formula is C15H19NO4. The van der Waals surface area contributed by atoms with E-state index in [1.165, 1.54) is 7.11 Å². The van der Waals surface area contributed by atoms with Gasteiger partial charge in [0.25, 0.3) is 5.91 Å². The van der Waals surface area contributed by atoms with Gasteiger partial charge in [0, 0.05) is 12.6 Å². The summed E-state index contributed by atoms with van der Waals surface area (Å²) >= 11 is 0. The van der Waals surface area contributed by atoms with E-state index in [4.69, 9.17) is 9.84 Å². The Balaban J connectivity index is 2.16. The Labute approximate surface area is 118 Å². The number of piperidine rings is 1. The molecule has 0 radical (unpaired) electrons. The molecule has 1 amide bonds. The molecule has 0 bridgehead atoms. The minimum absolute atomic E-state index is 0.0812. The van der Waals surface area contributed by atoms with Crippen molar-refractivity contribution in [3.63, 3.8) is 0 Å². The predicted molar refractivity (Wildman–Crippen MR) is 73.9 cm³/mol. The third kappa shape index (κ3) is 2.76. The average Bonchev–Trinajstić information content (AvgIpc) is 2.46. The van der Waals surface area contributed by atoms with E-state index in [-0.39, 0.29) is 17.9 Å². The van der Waals surface area contributed by atoms with Gasteiger partial charge in [0.05, 0.1) is 18.6 Å². The van der Waals surface area contributed by atoms with Crippen molar-refractivity contribution >= 4 is 11.9 Å². The summed E-state index contributed by atoms with van der Waals surface area (Å²) < 4.78 is 5.21. The van der Waals surface area contributed by atoms with Crippen molar-refractivity contribution < 1.29 is 19.4 Å². The van der Waals surface area contributed by atoms with Gasteiger partial charge in [0.15, 0.2) is 0 Å². The molecule has 1 saturated heterocycles. The van der Waals surface area contributed by atoms with Gasteiger partial charge in [-0.2, -0.15) is 0 Å². The first kappa shape index (κ1) is 14.4. The van der Waals surface area contributed by atoms with Gasteiger partial charge >= 0.3 is 5.97 Å². The zero-order valence-corrected chi connectivity index (χ0v) is 11.7. The Morgan fingerprint density at radius 1 is 1.35 bits per heavy atom.